The van der Waals surface area contributed by atoms with Crippen LogP contribution >= 0.6 is 0 Å². The summed E-state index contributed by atoms with van der Waals surface area (Å²) in [4.78, 5) is 12.0. The molecule has 5 heteroatoms. The Kier molecular flexibility index (Phi) is 4.32. The van der Waals surface area contributed by atoms with Gasteiger partial charge in [-0.15, -0.1) is 0 Å². The van der Waals surface area contributed by atoms with E-state index in [4.69, 9.17) is 5.26 Å². The summed E-state index contributed by atoms with van der Waals surface area (Å²) >= 11 is 0. The first-order valence-electron chi connectivity index (χ1n) is 6.07. The van der Waals surface area contributed by atoms with Gasteiger partial charge in [0.25, 0.3) is 5.91 Å². The van der Waals surface area contributed by atoms with Crippen molar-refractivity contribution in [2.75, 3.05) is 5.32 Å². The molecule has 0 aromatic heterocycles. The number of phenols is 1. The van der Waals surface area contributed by atoms with Crippen LogP contribution in [-0.2, 0) is 4.79 Å². The Balaban J connectivity index is 2.22. The van der Waals surface area contributed by atoms with Crippen LogP contribution in [0.2, 0.25) is 0 Å². The van der Waals surface area contributed by atoms with Crippen LogP contribution < -0.4 is 5.32 Å². The minimum absolute atomic E-state index is 0.0279. The molecule has 0 radical (unpaired) electrons. The van der Waals surface area contributed by atoms with Crippen LogP contribution in [0.5, 0.6) is 5.75 Å². The highest BCUT2D eigenvalue weighted by atomic mass is 19.1. The van der Waals surface area contributed by atoms with Gasteiger partial charge in [-0.3, -0.25) is 4.79 Å². The normalized spacial score (nSPS) is 10.8. The molecule has 2 N–H and O–H groups in total. The van der Waals surface area contributed by atoms with Gasteiger partial charge >= 0.3 is 0 Å². The number of para-hydroxylation sites is 1. The molecule has 0 unspecified atom stereocenters. The fourth-order valence-corrected chi connectivity index (χ4v) is 1.65. The Bertz CT molecular complexity index is 731. The molecule has 0 aliphatic heterocycles. The predicted octanol–water partition coefficient (Wildman–Crippen LogP) is 3.08. The smallest absolute Gasteiger partial charge is 0.266 e. The Labute approximate surface area is 120 Å². The number of anilines is 1. The van der Waals surface area contributed by atoms with Crippen molar-refractivity contribution in [3.8, 4) is 11.8 Å². The molecule has 1 amide bonds. The summed E-state index contributed by atoms with van der Waals surface area (Å²) in [7, 11) is 0. The molecule has 0 atom stereocenters. The van der Waals surface area contributed by atoms with Crippen molar-refractivity contribution in [3.05, 3.63) is 65.5 Å². The first kappa shape index (κ1) is 14.3. The van der Waals surface area contributed by atoms with Crippen LogP contribution in [0.4, 0.5) is 10.1 Å². The van der Waals surface area contributed by atoms with E-state index in [0.29, 0.717) is 11.3 Å². The number of nitrogens with one attached hydrogen (secondary N) is 1. The van der Waals surface area contributed by atoms with Crippen molar-refractivity contribution in [3.63, 3.8) is 0 Å². The van der Waals surface area contributed by atoms with Crippen LogP contribution in [0, 0.1) is 17.1 Å². The van der Waals surface area contributed by atoms with Crippen LogP contribution in [-0.4, -0.2) is 11.0 Å². The van der Waals surface area contributed by atoms with Gasteiger partial charge in [0.05, 0.1) is 0 Å². The van der Waals surface area contributed by atoms with Gasteiger partial charge in [0.15, 0.2) is 0 Å². The number of phenolic OH excluding ortho intramolecular Hbond substituents is 1. The number of amides is 1. The van der Waals surface area contributed by atoms with Gasteiger partial charge in [-0.25, -0.2) is 4.39 Å². The predicted molar refractivity (Wildman–Crippen MR) is 76.7 cm³/mol. The Morgan fingerprint density at radius 1 is 1.19 bits per heavy atom. The Hall–Kier alpha value is -3.13. The third kappa shape index (κ3) is 3.67. The van der Waals surface area contributed by atoms with Crippen molar-refractivity contribution in [2.45, 2.75) is 0 Å². The van der Waals surface area contributed by atoms with Gasteiger partial charge in [0.2, 0.25) is 0 Å². The molecule has 0 saturated heterocycles. The monoisotopic (exact) mass is 282 g/mol. The van der Waals surface area contributed by atoms with Gasteiger partial charge in [0.1, 0.15) is 23.2 Å². The van der Waals surface area contributed by atoms with E-state index < -0.39 is 11.7 Å². The molecular formula is C16H11FN2O2. The molecule has 4 nitrogen and oxygen atoms in total. The van der Waals surface area contributed by atoms with E-state index in [2.05, 4.69) is 5.32 Å². The zero-order chi connectivity index (χ0) is 15.2. The van der Waals surface area contributed by atoms with Crippen molar-refractivity contribution >= 4 is 17.7 Å². The number of aromatic hydroxyl groups is 1. The topological polar surface area (TPSA) is 73.1 Å². The first-order chi connectivity index (χ1) is 10.1. The number of hydrogen-bond acceptors (Lipinski definition) is 3. The average Bonchev–Trinajstić information content (AvgIpc) is 2.48. The number of rotatable bonds is 3. The highest BCUT2D eigenvalue weighted by Gasteiger charge is 2.10. The SMILES string of the molecule is N#C/C(=C\c1ccccc1O)C(=O)Nc1ccc(F)cc1. The number of halogens is 1. The molecule has 0 heterocycles. The second kappa shape index (κ2) is 6.35. The zero-order valence-corrected chi connectivity index (χ0v) is 10.9. The van der Waals surface area contributed by atoms with E-state index in [0.717, 1.165) is 0 Å². The average molecular weight is 282 g/mol. The number of nitrogens with zero attached hydrogens (tertiary/aromatic N) is 1. The van der Waals surface area contributed by atoms with Crippen molar-refractivity contribution in [2.24, 2.45) is 0 Å². The standard InChI is InChI=1S/C16H11FN2O2/c17-13-5-7-14(8-6-13)19-16(21)12(10-18)9-11-3-1-2-4-15(11)20/h1-9,20H,(H,19,21)/b12-9+. The quantitative estimate of drug-likeness (QED) is 0.671. The summed E-state index contributed by atoms with van der Waals surface area (Å²) in [6.45, 7) is 0. The lowest BCUT2D eigenvalue weighted by Gasteiger charge is -2.04. The molecule has 0 spiro atoms. The van der Waals surface area contributed by atoms with E-state index in [1.165, 1.54) is 36.4 Å². The maximum Gasteiger partial charge on any atom is 0.266 e. The Morgan fingerprint density at radius 2 is 1.86 bits per heavy atom. The van der Waals surface area contributed by atoms with Crippen LogP contribution in [0.3, 0.4) is 0 Å². The lowest BCUT2D eigenvalue weighted by atomic mass is 10.1. The molecule has 2 aromatic rings. The molecule has 2 rings (SSSR count). The second-order valence-corrected chi connectivity index (χ2v) is 4.19. The van der Waals surface area contributed by atoms with E-state index in [-0.39, 0.29) is 11.3 Å². The molecule has 21 heavy (non-hydrogen) atoms. The molecule has 0 fully saturated rings. The number of nitriles is 1. The lowest BCUT2D eigenvalue weighted by Crippen LogP contribution is -2.13. The van der Waals surface area contributed by atoms with Crippen molar-refractivity contribution in [1.82, 2.24) is 0 Å². The largest absolute Gasteiger partial charge is 0.507 e. The molecular weight excluding hydrogens is 271 g/mol. The maximum atomic E-state index is 12.8. The molecule has 0 aliphatic rings. The molecule has 2 aromatic carbocycles. The van der Waals surface area contributed by atoms with E-state index in [1.807, 2.05) is 0 Å². The minimum atomic E-state index is -0.632. The number of benzene rings is 2. The summed E-state index contributed by atoms with van der Waals surface area (Å²) in [5, 5.41) is 21.2. The molecule has 104 valence electrons. The summed E-state index contributed by atoms with van der Waals surface area (Å²) < 4.78 is 12.8. The summed E-state index contributed by atoms with van der Waals surface area (Å²) in [5.41, 5.74) is 0.573. The summed E-state index contributed by atoms with van der Waals surface area (Å²) in [6.07, 6.45) is 1.29. The highest BCUT2D eigenvalue weighted by Crippen LogP contribution is 2.19. The van der Waals surface area contributed by atoms with Crippen molar-refractivity contribution < 1.29 is 14.3 Å². The van der Waals surface area contributed by atoms with Gasteiger partial charge < -0.3 is 10.4 Å². The van der Waals surface area contributed by atoms with Gasteiger partial charge in [0, 0.05) is 11.3 Å². The van der Waals surface area contributed by atoms with Crippen LogP contribution in [0.15, 0.2) is 54.1 Å². The third-order valence-corrected chi connectivity index (χ3v) is 2.70. The number of carbonyl (C=O) groups is 1. The van der Waals surface area contributed by atoms with E-state index in [9.17, 15) is 14.3 Å². The molecule has 0 saturated carbocycles. The Morgan fingerprint density at radius 3 is 2.48 bits per heavy atom. The van der Waals surface area contributed by atoms with Crippen LogP contribution in [0.25, 0.3) is 6.08 Å². The molecule has 0 bridgehead atoms. The zero-order valence-electron chi connectivity index (χ0n) is 10.9. The van der Waals surface area contributed by atoms with Gasteiger partial charge in [-0.1, -0.05) is 18.2 Å². The van der Waals surface area contributed by atoms with E-state index in [1.54, 1.807) is 24.3 Å². The first-order valence-corrected chi connectivity index (χ1v) is 6.07. The third-order valence-electron chi connectivity index (χ3n) is 2.70. The lowest BCUT2D eigenvalue weighted by molar-refractivity contribution is -0.112. The van der Waals surface area contributed by atoms with Crippen molar-refractivity contribution in [1.29, 1.82) is 5.26 Å². The van der Waals surface area contributed by atoms with E-state index >= 15 is 0 Å². The summed E-state index contributed by atoms with van der Waals surface area (Å²) in [5.74, 6) is -1.08. The van der Waals surface area contributed by atoms with Gasteiger partial charge in [-0.05, 0) is 36.4 Å². The minimum Gasteiger partial charge on any atom is -0.507 e. The van der Waals surface area contributed by atoms with Crippen LogP contribution in [0.1, 0.15) is 5.56 Å². The van der Waals surface area contributed by atoms with Gasteiger partial charge in [-0.2, -0.15) is 5.26 Å². The maximum absolute atomic E-state index is 12.8. The molecule has 0 aliphatic carbocycles. The number of carbonyl (C=O) groups excluding carboxylic acids is 1. The second-order valence-electron chi connectivity index (χ2n) is 4.19. The summed E-state index contributed by atoms with van der Waals surface area (Å²) in [6, 6.07) is 13.3. The fourth-order valence-electron chi connectivity index (χ4n) is 1.65. The number of hydrogen-bond donors (Lipinski definition) is 2. The highest BCUT2D eigenvalue weighted by molar-refractivity contribution is 6.09. The fraction of sp³-hybridized carbons (Fsp3) is 0.